The molecule has 2 N–H and O–H groups in total. The molecule has 1 aliphatic carbocycles. The molecule has 2 rings (SSSR count). The number of nitrogens with zero attached hydrogens (tertiary/aromatic N) is 1. The summed E-state index contributed by atoms with van der Waals surface area (Å²) in [6.45, 7) is 3.01. The molecule has 0 atom stereocenters. The van der Waals surface area contributed by atoms with Crippen LogP contribution in [0.5, 0.6) is 11.5 Å². The Kier molecular flexibility index (Phi) is 6.43. The van der Waals surface area contributed by atoms with Gasteiger partial charge in [0.05, 0.1) is 20.8 Å². The van der Waals surface area contributed by atoms with Crippen molar-refractivity contribution in [3.05, 3.63) is 23.8 Å². The maximum absolute atomic E-state index is 12.1. The summed E-state index contributed by atoms with van der Waals surface area (Å²) >= 11 is 0. The van der Waals surface area contributed by atoms with Crippen molar-refractivity contribution in [1.82, 2.24) is 15.5 Å². The van der Waals surface area contributed by atoms with Gasteiger partial charge >= 0.3 is 6.03 Å². The Hall–Kier alpha value is -2.28. The summed E-state index contributed by atoms with van der Waals surface area (Å²) in [5.41, 5.74) is 0.953. The lowest BCUT2D eigenvalue weighted by molar-refractivity contribution is -0.121. The monoisotopic (exact) mass is 335 g/mol. The topological polar surface area (TPSA) is 79.9 Å². The van der Waals surface area contributed by atoms with E-state index in [1.54, 1.807) is 21.1 Å². The molecule has 1 aromatic rings. The number of methoxy groups -OCH3 is 2. The number of ether oxygens (including phenoxy) is 2. The Morgan fingerprint density at radius 2 is 2.00 bits per heavy atom. The number of benzene rings is 1. The summed E-state index contributed by atoms with van der Waals surface area (Å²) in [6.07, 6.45) is 2.11. The average molecular weight is 335 g/mol. The molecule has 0 saturated heterocycles. The van der Waals surface area contributed by atoms with Gasteiger partial charge in [-0.1, -0.05) is 0 Å². The summed E-state index contributed by atoms with van der Waals surface area (Å²) in [6, 6.07) is 5.51. The van der Waals surface area contributed by atoms with Crippen molar-refractivity contribution in [3.63, 3.8) is 0 Å². The van der Waals surface area contributed by atoms with Gasteiger partial charge in [-0.15, -0.1) is 0 Å². The molecule has 0 bridgehead atoms. The minimum Gasteiger partial charge on any atom is -0.497 e. The fraction of sp³-hybridized carbons (Fsp3) is 0.529. The lowest BCUT2D eigenvalue weighted by Crippen LogP contribution is -2.44. The molecule has 132 valence electrons. The lowest BCUT2D eigenvalue weighted by Gasteiger charge is -2.22. The zero-order valence-corrected chi connectivity index (χ0v) is 14.4. The van der Waals surface area contributed by atoms with Crippen molar-refractivity contribution < 1.29 is 19.1 Å². The fourth-order valence-corrected chi connectivity index (χ4v) is 2.53. The van der Waals surface area contributed by atoms with Crippen LogP contribution in [0.2, 0.25) is 0 Å². The molecule has 0 radical (unpaired) electrons. The van der Waals surface area contributed by atoms with Crippen LogP contribution >= 0.6 is 0 Å². The van der Waals surface area contributed by atoms with Crippen molar-refractivity contribution >= 4 is 11.9 Å². The molecule has 0 spiro atoms. The molecule has 7 heteroatoms. The highest BCUT2D eigenvalue weighted by molar-refractivity contribution is 5.95. The minimum atomic E-state index is -0.461. The first-order valence-electron chi connectivity index (χ1n) is 8.10. The Morgan fingerprint density at radius 1 is 1.25 bits per heavy atom. The van der Waals surface area contributed by atoms with Gasteiger partial charge in [0.2, 0.25) is 5.91 Å². The van der Waals surface area contributed by atoms with Crippen molar-refractivity contribution in [1.29, 1.82) is 0 Å². The van der Waals surface area contributed by atoms with E-state index < -0.39 is 6.03 Å². The van der Waals surface area contributed by atoms with Gasteiger partial charge in [-0.2, -0.15) is 0 Å². The van der Waals surface area contributed by atoms with Crippen molar-refractivity contribution in [2.75, 3.05) is 27.3 Å². The summed E-state index contributed by atoms with van der Waals surface area (Å²) in [5, 5.41) is 4.90. The lowest BCUT2D eigenvalue weighted by atomic mass is 10.1. The van der Waals surface area contributed by atoms with E-state index in [0.717, 1.165) is 29.9 Å². The molecule has 1 aromatic carbocycles. The number of imide groups is 1. The molecule has 1 saturated carbocycles. The van der Waals surface area contributed by atoms with Gasteiger partial charge < -0.3 is 14.8 Å². The molecular formula is C17H25N3O4. The Labute approximate surface area is 142 Å². The van der Waals surface area contributed by atoms with Crippen LogP contribution in [0.4, 0.5) is 4.79 Å². The van der Waals surface area contributed by atoms with Crippen LogP contribution in [0.15, 0.2) is 18.2 Å². The summed E-state index contributed by atoms with van der Waals surface area (Å²) < 4.78 is 10.7. The second-order valence-corrected chi connectivity index (χ2v) is 5.72. The largest absolute Gasteiger partial charge is 0.497 e. The number of nitrogens with one attached hydrogen (secondary N) is 2. The summed E-state index contributed by atoms with van der Waals surface area (Å²) in [7, 11) is 3.23. The number of hydrogen-bond donors (Lipinski definition) is 2. The normalized spacial score (nSPS) is 13.5. The van der Waals surface area contributed by atoms with Crippen LogP contribution in [0.3, 0.4) is 0 Å². The van der Waals surface area contributed by atoms with Gasteiger partial charge in [0.1, 0.15) is 11.5 Å². The van der Waals surface area contributed by atoms with Crippen LogP contribution in [0, 0.1) is 0 Å². The third-order valence-electron chi connectivity index (χ3n) is 3.86. The van der Waals surface area contributed by atoms with Crippen molar-refractivity contribution in [3.8, 4) is 11.5 Å². The molecule has 3 amide bonds. The average Bonchev–Trinajstić information content (AvgIpc) is 3.39. The first-order chi connectivity index (χ1) is 11.6. The third kappa shape index (κ3) is 5.13. The highest BCUT2D eigenvalue weighted by Crippen LogP contribution is 2.31. The maximum Gasteiger partial charge on any atom is 0.321 e. The van der Waals surface area contributed by atoms with Gasteiger partial charge in [0, 0.05) is 24.7 Å². The Bertz CT molecular complexity index is 587. The quantitative estimate of drug-likeness (QED) is 0.753. The molecule has 7 nitrogen and oxygen atoms in total. The van der Waals surface area contributed by atoms with Gasteiger partial charge in [-0.05, 0) is 38.0 Å². The van der Waals surface area contributed by atoms with Crippen LogP contribution in [0.25, 0.3) is 0 Å². The molecule has 1 aliphatic rings. The van der Waals surface area contributed by atoms with E-state index in [2.05, 4.69) is 15.5 Å². The van der Waals surface area contributed by atoms with Crippen molar-refractivity contribution in [2.24, 2.45) is 0 Å². The van der Waals surface area contributed by atoms with Gasteiger partial charge in [-0.3, -0.25) is 15.0 Å². The van der Waals surface area contributed by atoms with E-state index >= 15 is 0 Å². The second kappa shape index (κ2) is 8.54. The van der Waals surface area contributed by atoms with Crippen molar-refractivity contribution in [2.45, 2.75) is 32.4 Å². The zero-order valence-electron chi connectivity index (χ0n) is 14.4. The SMILES string of the molecule is CCNC(=O)NC(=O)CN(Cc1cc(OC)ccc1OC)C1CC1. The van der Waals surface area contributed by atoms with Gasteiger partial charge in [0.25, 0.3) is 0 Å². The molecule has 24 heavy (non-hydrogen) atoms. The molecule has 0 unspecified atom stereocenters. The number of amides is 3. The second-order valence-electron chi connectivity index (χ2n) is 5.72. The molecule has 1 fully saturated rings. The number of rotatable bonds is 8. The molecule has 0 heterocycles. The number of carbonyl (C=O) groups is 2. The van der Waals surface area contributed by atoms with Crippen LogP contribution in [-0.2, 0) is 11.3 Å². The van der Waals surface area contributed by atoms with E-state index in [1.165, 1.54) is 0 Å². The smallest absolute Gasteiger partial charge is 0.321 e. The van der Waals surface area contributed by atoms with Crippen LogP contribution in [-0.4, -0.2) is 50.2 Å². The maximum atomic E-state index is 12.1. The molecule has 0 aromatic heterocycles. The molecule has 0 aliphatic heterocycles. The zero-order chi connectivity index (χ0) is 17.5. The summed E-state index contributed by atoms with van der Waals surface area (Å²) in [5.74, 6) is 1.19. The Morgan fingerprint density at radius 3 is 2.58 bits per heavy atom. The van der Waals surface area contributed by atoms with E-state index in [0.29, 0.717) is 19.1 Å². The van der Waals surface area contributed by atoms with Gasteiger partial charge in [-0.25, -0.2) is 4.79 Å². The number of carbonyl (C=O) groups excluding carboxylic acids is 2. The van der Waals surface area contributed by atoms with E-state index in [4.69, 9.17) is 9.47 Å². The predicted octanol–water partition coefficient (Wildman–Crippen LogP) is 1.51. The van der Waals surface area contributed by atoms with E-state index in [-0.39, 0.29) is 12.5 Å². The third-order valence-corrected chi connectivity index (χ3v) is 3.86. The van der Waals surface area contributed by atoms with Crippen LogP contribution in [0.1, 0.15) is 25.3 Å². The highest BCUT2D eigenvalue weighted by Gasteiger charge is 2.31. The minimum absolute atomic E-state index is 0.169. The van der Waals surface area contributed by atoms with Crippen LogP contribution < -0.4 is 20.1 Å². The summed E-state index contributed by atoms with van der Waals surface area (Å²) in [4.78, 5) is 25.6. The molecular weight excluding hydrogens is 310 g/mol. The first kappa shape index (κ1) is 18.1. The van der Waals surface area contributed by atoms with E-state index in [1.807, 2.05) is 18.2 Å². The van der Waals surface area contributed by atoms with E-state index in [9.17, 15) is 9.59 Å². The first-order valence-corrected chi connectivity index (χ1v) is 8.10. The predicted molar refractivity (Wildman–Crippen MR) is 90.2 cm³/mol. The standard InChI is InChI=1S/C17H25N3O4/c1-4-18-17(22)19-16(21)11-20(13-5-6-13)10-12-9-14(23-2)7-8-15(12)24-3/h7-9,13H,4-6,10-11H2,1-3H3,(H2,18,19,21,22). The Balaban J connectivity index is 2.04. The van der Waals surface area contributed by atoms with Gasteiger partial charge in [0.15, 0.2) is 0 Å². The highest BCUT2D eigenvalue weighted by atomic mass is 16.5. The fourth-order valence-electron chi connectivity index (χ4n) is 2.53. The number of hydrogen-bond acceptors (Lipinski definition) is 5. The number of urea groups is 1.